The third kappa shape index (κ3) is 4.43. The minimum absolute atomic E-state index is 0.0149. The highest BCUT2D eigenvalue weighted by molar-refractivity contribution is 5.90. The van der Waals surface area contributed by atoms with Gasteiger partial charge in [-0.15, -0.1) is 0 Å². The van der Waals surface area contributed by atoms with E-state index in [2.05, 4.69) is 109 Å². The van der Waals surface area contributed by atoms with Gasteiger partial charge in [0, 0.05) is 5.41 Å². The van der Waals surface area contributed by atoms with Gasteiger partial charge in [-0.05, 0) is 86.5 Å². The number of rotatable bonds is 9. The summed E-state index contributed by atoms with van der Waals surface area (Å²) in [6.45, 7) is 2.92. The van der Waals surface area contributed by atoms with Crippen LogP contribution in [0.15, 0.2) is 137 Å². The monoisotopic (exact) mass is 567 g/mol. The third-order valence-corrected chi connectivity index (χ3v) is 9.05. The van der Waals surface area contributed by atoms with E-state index in [0.717, 1.165) is 28.7 Å². The van der Waals surface area contributed by atoms with Crippen molar-refractivity contribution < 1.29 is 14.6 Å². The van der Waals surface area contributed by atoms with Gasteiger partial charge in [-0.25, -0.2) is 0 Å². The van der Waals surface area contributed by atoms with Crippen LogP contribution in [0.1, 0.15) is 30.0 Å². The molecular formula is C38H33NO4. The molecule has 7 rings (SSSR count). The molecule has 4 aromatic rings. The largest absolute Gasteiger partial charge is 0.492 e. The number of aliphatic hydroxyl groups excluding tert-OH is 1. The van der Waals surface area contributed by atoms with E-state index in [-0.39, 0.29) is 31.8 Å². The Balaban J connectivity index is 1.39. The molecule has 0 radical (unpaired) electrons. The zero-order chi connectivity index (χ0) is 29.4. The van der Waals surface area contributed by atoms with Crippen LogP contribution < -0.4 is 4.74 Å². The molecule has 1 unspecified atom stereocenters. The number of hydrogen-bond donors (Lipinski definition) is 1. The van der Waals surface area contributed by atoms with E-state index in [4.69, 9.17) is 9.47 Å². The molecule has 0 aliphatic heterocycles. The van der Waals surface area contributed by atoms with Crippen LogP contribution in [-0.2, 0) is 10.2 Å². The third-order valence-electron chi connectivity index (χ3n) is 9.05. The molecule has 1 N–H and O–H groups in total. The van der Waals surface area contributed by atoms with E-state index in [1.165, 1.54) is 39.0 Å². The van der Waals surface area contributed by atoms with Crippen LogP contribution in [0, 0.1) is 10.3 Å². The van der Waals surface area contributed by atoms with Crippen molar-refractivity contribution in [1.82, 2.24) is 0 Å². The maximum absolute atomic E-state index is 10.5. The van der Waals surface area contributed by atoms with Gasteiger partial charge in [-0.1, -0.05) is 97.1 Å². The number of benzene rings is 4. The van der Waals surface area contributed by atoms with E-state index in [0.29, 0.717) is 0 Å². The lowest BCUT2D eigenvalue weighted by molar-refractivity contribution is 0.201. The minimum Gasteiger partial charge on any atom is -0.492 e. The number of nitroso groups, excluding NO2 is 1. The van der Waals surface area contributed by atoms with Gasteiger partial charge in [0.15, 0.2) is 0 Å². The van der Waals surface area contributed by atoms with Crippen LogP contribution in [0.2, 0.25) is 0 Å². The lowest BCUT2D eigenvalue weighted by Gasteiger charge is -2.40. The second-order valence-corrected chi connectivity index (χ2v) is 11.6. The topological polar surface area (TPSA) is 68.1 Å². The lowest BCUT2D eigenvalue weighted by Crippen LogP contribution is -2.32. The molecule has 0 fully saturated rings. The second-order valence-electron chi connectivity index (χ2n) is 11.6. The molecule has 0 heterocycles. The van der Waals surface area contributed by atoms with Crippen LogP contribution in [0.3, 0.4) is 0 Å². The van der Waals surface area contributed by atoms with Crippen molar-refractivity contribution >= 4 is 10.8 Å². The van der Waals surface area contributed by atoms with Crippen LogP contribution >= 0.6 is 0 Å². The fraction of sp³-hybridized carbons (Fsp3) is 0.211. The summed E-state index contributed by atoms with van der Waals surface area (Å²) in [4.78, 5) is 10.5. The van der Waals surface area contributed by atoms with Crippen LogP contribution in [0.5, 0.6) is 5.75 Å². The lowest BCUT2D eigenvalue weighted by atomic mass is 9.62. The van der Waals surface area contributed by atoms with Crippen molar-refractivity contribution in [2.45, 2.75) is 18.8 Å². The van der Waals surface area contributed by atoms with Gasteiger partial charge >= 0.3 is 0 Å². The fourth-order valence-corrected chi connectivity index (χ4v) is 7.03. The predicted molar refractivity (Wildman–Crippen MR) is 171 cm³/mol. The number of nitrogens with zero attached hydrogens (tertiary/aromatic N) is 1. The minimum atomic E-state index is -0.494. The Labute approximate surface area is 251 Å². The SMILES string of the molecule is CC12C=C(OCCN=O)C=CC1=CC(C1(c3ccc4cc(OCCO)ccc4c3)c3ccccc3-c3ccccc31)=CC2. The molecule has 1 atom stereocenters. The Kier molecular flexibility index (Phi) is 6.83. The summed E-state index contributed by atoms with van der Waals surface area (Å²) in [5.74, 6) is 1.53. The number of allylic oxidation sites excluding steroid dienone is 7. The average Bonchev–Trinajstić information content (AvgIpc) is 3.34. The Hall–Kier alpha value is -4.74. The summed E-state index contributed by atoms with van der Waals surface area (Å²) >= 11 is 0. The molecule has 3 aliphatic rings. The highest BCUT2D eigenvalue weighted by Crippen LogP contribution is 2.58. The molecule has 5 heteroatoms. The molecule has 0 amide bonds. The molecule has 0 saturated carbocycles. The second kappa shape index (κ2) is 10.8. The van der Waals surface area contributed by atoms with Crippen molar-refractivity contribution in [3.63, 3.8) is 0 Å². The van der Waals surface area contributed by atoms with Gasteiger partial charge in [0.1, 0.15) is 31.3 Å². The molecular weight excluding hydrogens is 534 g/mol. The van der Waals surface area contributed by atoms with Crippen molar-refractivity contribution in [3.05, 3.63) is 154 Å². The summed E-state index contributed by atoms with van der Waals surface area (Å²) in [5, 5.41) is 14.3. The van der Waals surface area contributed by atoms with Crippen LogP contribution in [0.25, 0.3) is 21.9 Å². The Morgan fingerprint density at radius 3 is 2.28 bits per heavy atom. The molecule has 0 saturated heterocycles. The van der Waals surface area contributed by atoms with Gasteiger partial charge < -0.3 is 14.6 Å². The molecule has 5 nitrogen and oxygen atoms in total. The van der Waals surface area contributed by atoms with E-state index >= 15 is 0 Å². The van der Waals surface area contributed by atoms with E-state index < -0.39 is 5.41 Å². The van der Waals surface area contributed by atoms with Gasteiger partial charge in [-0.2, -0.15) is 4.91 Å². The quantitative estimate of drug-likeness (QED) is 0.164. The van der Waals surface area contributed by atoms with Gasteiger partial charge in [0.05, 0.1) is 12.0 Å². The molecule has 43 heavy (non-hydrogen) atoms. The molecule has 4 aromatic carbocycles. The Bertz CT molecular complexity index is 1820. The first-order valence-electron chi connectivity index (χ1n) is 14.8. The Morgan fingerprint density at radius 2 is 1.53 bits per heavy atom. The first kappa shape index (κ1) is 27.1. The van der Waals surface area contributed by atoms with Gasteiger partial charge in [0.25, 0.3) is 0 Å². The number of ether oxygens (including phenoxy) is 2. The zero-order valence-electron chi connectivity index (χ0n) is 24.1. The van der Waals surface area contributed by atoms with E-state index in [9.17, 15) is 10.0 Å². The highest BCUT2D eigenvalue weighted by atomic mass is 16.5. The average molecular weight is 568 g/mol. The van der Waals surface area contributed by atoms with Crippen molar-refractivity contribution in [2.24, 2.45) is 10.6 Å². The van der Waals surface area contributed by atoms with Crippen LogP contribution in [0.4, 0.5) is 0 Å². The number of hydrogen-bond acceptors (Lipinski definition) is 5. The standard InChI is InChI=1S/C38H33NO4/c1-37-17-16-30(24-28(37)13-15-32(25-37)42-20-18-39-41)38(35-8-4-2-6-33(35)34-7-3-5-9-36(34)38)29-12-10-27-23-31(43-21-19-40)14-11-26(27)22-29/h2-16,22-25,40H,17-21H2,1H3. The zero-order valence-corrected chi connectivity index (χ0v) is 24.1. The maximum Gasteiger partial charge on any atom is 0.120 e. The van der Waals surface area contributed by atoms with E-state index in [1.807, 2.05) is 18.2 Å². The summed E-state index contributed by atoms with van der Waals surface area (Å²) < 4.78 is 11.5. The normalized spacial score (nSPS) is 19.4. The van der Waals surface area contributed by atoms with E-state index in [1.54, 1.807) is 0 Å². The van der Waals surface area contributed by atoms with Crippen molar-refractivity contribution in [2.75, 3.05) is 26.4 Å². The number of fused-ring (bicyclic) bond motifs is 5. The summed E-state index contributed by atoms with van der Waals surface area (Å²) in [6.07, 6.45) is 11.9. The summed E-state index contributed by atoms with van der Waals surface area (Å²) in [6, 6.07) is 30.5. The fourth-order valence-electron chi connectivity index (χ4n) is 7.03. The molecule has 0 aromatic heterocycles. The molecule has 0 bridgehead atoms. The first-order valence-corrected chi connectivity index (χ1v) is 14.8. The molecule has 3 aliphatic carbocycles. The summed E-state index contributed by atoms with van der Waals surface area (Å²) in [5.41, 5.74) is 8.09. The number of aliphatic hydroxyl groups is 1. The molecule has 0 spiro atoms. The first-order chi connectivity index (χ1) is 21.1. The van der Waals surface area contributed by atoms with Gasteiger partial charge in [0.2, 0.25) is 0 Å². The highest BCUT2D eigenvalue weighted by Gasteiger charge is 2.48. The molecule has 214 valence electrons. The Morgan fingerprint density at radius 1 is 0.814 bits per heavy atom. The van der Waals surface area contributed by atoms with Crippen molar-refractivity contribution in [1.29, 1.82) is 0 Å². The van der Waals surface area contributed by atoms with Crippen molar-refractivity contribution in [3.8, 4) is 16.9 Å². The summed E-state index contributed by atoms with van der Waals surface area (Å²) in [7, 11) is 0. The predicted octanol–water partition coefficient (Wildman–Crippen LogP) is 8.03. The smallest absolute Gasteiger partial charge is 0.120 e. The maximum atomic E-state index is 10.5. The van der Waals surface area contributed by atoms with Gasteiger partial charge in [-0.3, -0.25) is 0 Å². The van der Waals surface area contributed by atoms with Crippen LogP contribution in [-0.4, -0.2) is 31.5 Å².